The van der Waals surface area contributed by atoms with Crippen LogP contribution in [0.25, 0.3) is 5.70 Å². The minimum absolute atomic E-state index is 0.680. The molecule has 0 bridgehead atoms. The maximum Gasteiger partial charge on any atom is 0.179 e. The molecule has 0 saturated carbocycles. The third kappa shape index (κ3) is 2.38. The Balaban J connectivity index is 2.20. The van der Waals surface area contributed by atoms with E-state index in [-0.39, 0.29) is 0 Å². The molecule has 3 nitrogen and oxygen atoms in total. The number of hydrogen-bond donors (Lipinski definition) is 0. The fourth-order valence-corrected chi connectivity index (χ4v) is 2.40. The zero-order valence-electron chi connectivity index (χ0n) is 11.9. The van der Waals surface area contributed by atoms with Gasteiger partial charge in [-0.25, -0.2) is 0 Å². The molecule has 1 aliphatic heterocycles. The Morgan fingerprint density at radius 1 is 1.05 bits per heavy atom. The number of aliphatic imine (C=N–C) groups is 2. The molecule has 0 unspecified atom stereocenters. The van der Waals surface area contributed by atoms with Crippen molar-refractivity contribution >= 4 is 18.1 Å². The second kappa shape index (κ2) is 5.75. The largest absolute Gasteiger partial charge is 0.452 e. The van der Waals surface area contributed by atoms with Crippen LogP contribution in [0.5, 0.6) is 5.75 Å². The fraction of sp³-hybridized carbons (Fsp3) is 0.111. The van der Waals surface area contributed by atoms with E-state index >= 15 is 0 Å². The topological polar surface area (TPSA) is 34.0 Å². The zero-order chi connectivity index (χ0) is 14.7. The molecule has 1 heterocycles. The van der Waals surface area contributed by atoms with Crippen LogP contribution in [-0.2, 0) is 0 Å². The van der Waals surface area contributed by atoms with Gasteiger partial charge in [0.05, 0.1) is 0 Å². The van der Waals surface area contributed by atoms with E-state index in [9.17, 15) is 0 Å². The third-order valence-electron chi connectivity index (χ3n) is 3.31. The summed E-state index contributed by atoms with van der Waals surface area (Å²) in [7, 11) is 0. The van der Waals surface area contributed by atoms with Crippen molar-refractivity contribution in [2.24, 2.45) is 9.98 Å². The summed E-state index contributed by atoms with van der Waals surface area (Å²) < 4.78 is 5.99. The Labute approximate surface area is 124 Å². The second-order valence-corrected chi connectivity index (χ2v) is 4.62. The van der Waals surface area contributed by atoms with Crippen molar-refractivity contribution in [3.8, 4) is 5.75 Å². The van der Waals surface area contributed by atoms with Crippen molar-refractivity contribution in [2.75, 3.05) is 6.54 Å². The van der Waals surface area contributed by atoms with Crippen LogP contribution >= 0.6 is 0 Å². The smallest absolute Gasteiger partial charge is 0.179 e. The van der Waals surface area contributed by atoms with Crippen LogP contribution in [-0.4, -0.2) is 19.0 Å². The van der Waals surface area contributed by atoms with E-state index in [1.807, 2.05) is 61.5 Å². The number of para-hydroxylation sites is 1. The predicted octanol–water partition coefficient (Wildman–Crippen LogP) is 3.96. The molecule has 0 atom stereocenters. The molecule has 0 fully saturated rings. The van der Waals surface area contributed by atoms with Gasteiger partial charge < -0.3 is 4.74 Å². The molecule has 21 heavy (non-hydrogen) atoms. The van der Waals surface area contributed by atoms with Gasteiger partial charge in [-0.15, -0.1) is 0 Å². The predicted molar refractivity (Wildman–Crippen MR) is 87.1 cm³/mol. The van der Waals surface area contributed by atoms with Crippen LogP contribution in [0, 0.1) is 0 Å². The van der Waals surface area contributed by atoms with Crippen molar-refractivity contribution in [3.05, 3.63) is 71.5 Å². The van der Waals surface area contributed by atoms with E-state index in [0.717, 1.165) is 28.3 Å². The highest BCUT2D eigenvalue weighted by Crippen LogP contribution is 2.35. The number of rotatable bonds is 3. The first kappa shape index (κ1) is 13.3. The summed E-state index contributed by atoms with van der Waals surface area (Å²) in [6, 6.07) is 17.8. The van der Waals surface area contributed by atoms with E-state index in [4.69, 9.17) is 4.74 Å². The molecule has 1 aliphatic rings. The summed E-state index contributed by atoms with van der Waals surface area (Å²) >= 11 is 0. The maximum absolute atomic E-state index is 5.99. The molecule has 3 heteroatoms. The number of benzene rings is 2. The molecule has 0 amide bonds. The molecule has 2 aromatic carbocycles. The lowest BCUT2D eigenvalue weighted by atomic mass is 10.1. The van der Waals surface area contributed by atoms with Crippen LogP contribution in [0.15, 0.2) is 70.3 Å². The third-order valence-corrected chi connectivity index (χ3v) is 3.31. The molecular formula is C18H16N2O. The average molecular weight is 276 g/mol. The number of allylic oxidation sites excluding steroid dienone is 1. The van der Waals surface area contributed by atoms with Crippen LogP contribution in [0.3, 0.4) is 0 Å². The Morgan fingerprint density at radius 2 is 1.76 bits per heavy atom. The molecule has 104 valence electrons. The van der Waals surface area contributed by atoms with Gasteiger partial charge in [0.2, 0.25) is 0 Å². The Morgan fingerprint density at radius 3 is 2.48 bits per heavy atom. The summed E-state index contributed by atoms with van der Waals surface area (Å²) in [5.41, 5.74) is 3.55. The lowest BCUT2D eigenvalue weighted by Gasteiger charge is -2.07. The molecule has 0 aliphatic carbocycles. The number of ether oxygens (including phenoxy) is 1. The van der Waals surface area contributed by atoms with Gasteiger partial charge in [-0.3, -0.25) is 9.98 Å². The van der Waals surface area contributed by atoms with E-state index < -0.39 is 0 Å². The normalized spacial score (nSPS) is 17.3. The van der Waals surface area contributed by atoms with Crippen molar-refractivity contribution in [1.82, 2.24) is 0 Å². The summed E-state index contributed by atoms with van der Waals surface area (Å²) in [5.74, 6) is 1.50. The summed E-state index contributed by atoms with van der Waals surface area (Å²) in [4.78, 5) is 8.77. The van der Waals surface area contributed by atoms with E-state index in [1.54, 1.807) is 0 Å². The second-order valence-electron chi connectivity index (χ2n) is 4.62. The van der Waals surface area contributed by atoms with Gasteiger partial charge in [-0.05, 0) is 25.8 Å². The van der Waals surface area contributed by atoms with Crippen LogP contribution in [0.4, 0.5) is 0 Å². The maximum atomic E-state index is 5.99. The molecule has 3 rings (SSSR count). The Kier molecular flexibility index (Phi) is 3.65. The Hall–Kier alpha value is -2.68. The zero-order valence-corrected chi connectivity index (χ0v) is 11.9. The van der Waals surface area contributed by atoms with Crippen molar-refractivity contribution in [3.63, 3.8) is 0 Å². The molecule has 0 N–H and O–H groups in total. The van der Waals surface area contributed by atoms with Crippen molar-refractivity contribution < 1.29 is 4.74 Å². The standard InChI is InChI=1S/C18H16N2O/c1-3-20-17-14-11-7-8-12-15(14)21-18(17)16(19-2)13-9-5-4-6-10-13/h4-12H,2-3H2,1H3/b18-16+,20-17?. The summed E-state index contributed by atoms with van der Waals surface area (Å²) in [5, 5.41) is 0. The molecule has 0 saturated heterocycles. The molecule has 0 radical (unpaired) electrons. The highest BCUT2D eigenvalue weighted by Gasteiger charge is 2.28. The number of fused-ring (bicyclic) bond motifs is 1. The molecule has 0 spiro atoms. The van der Waals surface area contributed by atoms with Gasteiger partial charge in [-0.2, -0.15) is 0 Å². The van der Waals surface area contributed by atoms with Gasteiger partial charge in [-0.1, -0.05) is 42.5 Å². The van der Waals surface area contributed by atoms with Gasteiger partial charge in [0.25, 0.3) is 0 Å². The molecule has 0 aromatic heterocycles. The lowest BCUT2D eigenvalue weighted by Crippen LogP contribution is -2.05. The first-order valence-corrected chi connectivity index (χ1v) is 6.93. The van der Waals surface area contributed by atoms with Crippen LogP contribution in [0.1, 0.15) is 18.1 Å². The fourth-order valence-electron chi connectivity index (χ4n) is 2.40. The SMILES string of the molecule is C=N/C(=C1/Oc2ccccc2C1=NCC)c1ccccc1. The quantitative estimate of drug-likeness (QED) is 0.781. The highest BCUT2D eigenvalue weighted by molar-refractivity contribution is 6.19. The summed E-state index contributed by atoms with van der Waals surface area (Å²) in [6.07, 6.45) is 0. The van der Waals surface area contributed by atoms with Crippen LogP contribution in [0.2, 0.25) is 0 Å². The van der Waals surface area contributed by atoms with E-state index in [2.05, 4.69) is 16.7 Å². The highest BCUT2D eigenvalue weighted by atomic mass is 16.5. The minimum Gasteiger partial charge on any atom is -0.452 e. The molecule has 2 aromatic rings. The van der Waals surface area contributed by atoms with Crippen LogP contribution < -0.4 is 4.74 Å². The van der Waals surface area contributed by atoms with Gasteiger partial charge in [0.15, 0.2) is 5.76 Å². The van der Waals surface area contributed by atoms with Gasteiger partial charge in [0, 0.05) is 17.7 Å². The van der Waals surface area contributed by atoms with E-state index in [0.29, 0.717) is 12.3 Å². The Bertz CT molecular complexity index is 730. The lowest BCUT2D eigenvalue weighted by molar-refractivity contribution is 0.470. The van der Waals surface area contributed by atoms with Crippen molar-refractivity contribution in [2.45, 2.75) is 6.92 Å². The number of nitrogens with zero attached hydrogens (tertiary/aromatic N) is 2. The minimum atomic E-state index is 0.680. The molecular weight excluding hydrogens is 260 g/mol. The number of hydrogen-bond acceptors (Lipinski definition) is 3. The average Bonchev–Trinajstić information content (AvgIpc) is 2.89. The van der Waals surface area contributed by atoms with Gasteiger partial charge >= 0.3 is 0 Å². The van der Waals surface area contributed by atoms with E-state index in [1.165, 1.54) is 0 Å². The van der Waals surface area contributed by atoms with Gasteiger partial charge in [0.1, 0.15) is 17.2 Å². The first-order valence-electron chi connectivity index (χ1n) is 6.93. The van der Waals surface area contributed by atoms with Crippen molar-refractivity contribution in [1.29, 1.82) is 0 Å². The summed E-state index contributed by atoms with van der Waals surface area (Å²) in [6.45, 7) is 6.40. The first-order chi connectivity index (χ1) is 10.3. The monoisotopic (exact) mass is 276 g/mol.